The maximum absolute atomic E-state index is 11.6. The van der Waals surface area contributed by atoms with Gasteiger partial charge in [-0.05, 0) is 20.9 Å². The average molecular weight is 256 g/mol. The maximum Gasteiger partial charge on any atom is 0.236 e. The molecule has 1 heterocycles. The van der Waals surface area contributed by atoms with Gasteiger partial charge in [0.15, 0.2) is 0 Å². The Kier molecular flexibility index (Phi) is 6.07. The molecule has 0 bridgehead atoms. The molecule has 1 aliphatic heterocycles. The lowest BCUT2D eigenvalue weighted by molar-refractivity contribution is -0.132. The summed E-state index contributed by atoms with van der Waals surface area (Å²) in [7, 11) is 1.77. The van der Waals surface area contributed by atoms with E-state index in [1.807, 2.05) is 18.7 Å². The van der Waals surface area contributed by atoms with Gasteiger partial charge < -0.3 is 15.5 Å². The number of hydrogen-bond donors (Lipinski definition) is 2. The summed E-state index contributed by atoms with van der Waals surface area (Å²) < 4.78 is 0. The smallest absolute Gasteiger partial charge is 0.236 e. The summed E-state index contributed by atoms with van der Waals surface area (Å²) in [5.41, 5.74) is 0. The van der Waals surface area contributed by atoms with E-state index < -0.39 is 0 Å². The van der Waals surface area contributed by atoms with Crippen molar-refractivity contribution in [3.63, 3.8) is 0 Å². The number of rotatable bonds is 5. The predicted octanol–water partition coefficient (Wildman–Crippen LogP) is -1.13. The van der Waals surface area contributed by atoms with E-state index in [9.17, 15) is 9.59 Å². The Hall–Kier alpha value is -1.14. The lowest BCUT2D eigenvalue weighted by Crippen LogP contribution is -2.52. The van der Waals surface area contributed by atoms with E-state index in [-0.39, 0.29) is 17.9 Å². The van der Waals surface area contributed by atoms with Crippen molar-refractivity contribution < 1.29 is 9.59 Å². The number of carbonyl (C=O) groups is 2. The van der Waals surface area contributed by atoms with Crippen LogP contribution < -0.4 is 10.6 Å². The van der Waals surface area contributed by atoms with Crippen LogP contribution in [0.4, 0.5) is 0 Å². The quantitative estimate of drug-likeness (QED) is 0.654. The Labute approximate surface area is 109 Å². The molecule has 1 fully saturated rings. The largest absolute Gasteiger partial charge is 0.353 e. The molecule has 0 aromatic heterocycles. The minimum Gasteiger partial charge on any atom is -0.353 e. The third-order valence-electron chi connectivity index (χ3n) is 2.87. The number of nitrogens with zero attached hydrogens (tertiary/aromatic N) is 2. The highest BCUT2D eigenvalue weighted by atomic mass is 16.2. The van der Waals surface area contributed by atoms with E-state index in [1.54, 1.807) is 7.05 Å². The molecule has 0 spiro atoms. The molecule has 18 heavy (non-hydrogen) atoms. The molecule has 1 rings (SSSR count). The van der Waals surface area contributed by atoms with Gasteiger partial charge in [0.2, 0.25) is 11.8 Å². The number of carbonyl (C=O) groups excluding carboxylic acids is 2. The summed E-state index contributed by atoms with van der Waals surface area (Å²) in [4.78, 5) is 27.2. The van der Waals surface area contributed by atoms with Crippen molar-refractivity contribution in [2.45, 2.75) is 19.9 Å². The first-order chi connectivity index (χ1) is 8.52. The lowest BCUT2D eigenvalue weighted by atomic mass is 10.3. The Morgan fingerprint density at radius 2 is 1.78 bits per heavy atom. The summed E-state index contributed by atoms with van der Waals surface area (Å²) in [6.07, 6.45) is 0. The van der Waals surface area contributed by atoms with Crippen molar-refractivity contribution in [1.82, 2.24) is 20.4 Å². The lowest BCUT2D eigenvalue weighted by Gasteiger charge is -2.34. The monoisotopic (exact) mass is 256 g/mol. The van der Waals surface area contributed by atoms with Gasteiger partial charge in [-0.15, -0.1) is 0 Å². The van der Waals surface area contributed by atoms with Crippen LogP contribution in [0.5, 0.6) is 0 Å². The molecule has 0 unspecified atom stereocenters. The van der Waals surface area contributed by atoms with Crippen molar-refractivity contribution >= 4 is 11.8 Å². The minimum absolute atomic E-state index is 0.0556. The van der Waals surface area contributed by atoms with Crippen molar-refractivity contribution in [3.05, 3.63) is 0 Å². The van der Waals surface area contributed by atoms with Crippen LogP contribution in [-0.4, -0.2) is 74.0 Å². The van der Waals surface area contributed by atoms with Crippen molar-refractivity contribution in [2.75, 3.05) is 46.3 Å². The third-order valence-corrected chi connectivity index (χ3v) is 2.87. The molecule has 6 heteroatoms. The van der Waals surface area contributed by atoms with Gasteiger partial charge in [-0.2, -0.15) is 0 Å². The molecule has 6 nitrogen and oxygen atoms in total. The molecule has 1 saturated heterocycles. The van der Waals surface area contributed by atoms with E-state index in [2.05, 4.69) is 15.5 Å². The number of nitrogens with one attached hydrogen (secondary N) is 2. The van der Waals surface area contributed by atoms with Gasteiger partial charge in [-0.1, -0.05) is 0 Å². The first-order valence-electron chi connectivity index (χ1n) is 6.47. The second kappa shape index (κ2) is 7.33. The Morgan fingerprint density at radius 3 is 2.28 bits per heavy atom. The fourth-order valence-electron chi connectivity index (χ4n) is 1.99. The maximum atomic E-state index is 11.6. The SMILES string of the molecule is CNCC(=O)N1CCN(CC(=O)NC(C)C)CC1. The topological polar surface area (TPSA) is 64.7 Å². The average Bonchev–Trinajstić information content (AvgIpc) is 2.29. The molecule has 0 saturated carbocycles. The van der Waals surface area contributed by atoms with E-state index in [4.69, 9.17) is 0 Å². The zero-order chi connectivity index (χ0) is 13.5. The van der Waals surface area contributed by atoms with Gasteiger partial charge in [-0.25, -0.2) is 0 Å². The Morgan fingerprint density at radius 1 is 1.17 bits per heavy atom. The van der Waals surface area contributed by atoms with E-state index in [0.29, 0.717) is 26.2 Å². The fraction of sp³-hybridized carbons (Fsp3) is 0.833. The fourth-order valence-corrected chi connectivity index (χ4v) is 1.99. The first kappa shape index (κ1) is 14.9. The normalized spacial score (nSPS) is 17.0. The molecule has 2 amide bonds. The molecule has 0 aromatic carbocycles. The van der Waals surface area contributed by atoms with Crippen molar-refractivity contribution in [3.8, 4) is 0 Å². The summed E-state index contributed by atoms with van der Waals surface area (Å²) in [6, 6.07) is 0.177. The van der Waals surface area contributed by atoms with Gasteiger partial charge in [0.1, 0.15) is 0 Å². The number of piperazine rings is 1. The van der Waals surface area contributed by atoms with Crippen LogP contribution in [0.1, 0.15) is 13.8 Å². The minimum atomic E-state index is 0.0556. The van der Waals surface area contributed by atoms with E-state index in [1.165, 1.54) is 0 Å². The van der Waals surface area contributed by atoms with Gasteiger partial charge in [0.05, 0.1) is 13.1 Å². The van der Waals surface area contributed by atoms with Crippen LogP contribution in [-0.2, 0) is 9.59 Å². The van der Waals surface area contributed by atoms with Crippen molar-refractivity contribution in [2.24, 2.45) is 0 Å². The van der Waals surface area contributed by atoms with Crippen molar-refractivity contribution in [1.29, 1.82) is 0 Å². The van der Waals surface area contributed by atoms with Crippen LogP contribution in [0, 0.1) is 0 Å². The molecule has 0 radical (unpaired) electrons. The third kappa shape index (κ3) is 5.01. The zero-order valence-electron chi connectivity index (χ0n) is 11.5. The van der Waals surface area contributed by atoms with Gasteiger partial charge in [0.25, 0.3) is 0 Å². The van der Waals surface area contributed by atoms with Gasteiger partial charge in [-0.3, -0.25) is 14.5 Å². The number of hydrogen-bond acceptors (Lipinski definition) is 4. The number of likely N-dealkylation sites (N-methyl/N-ethyl adjacent to an activating group) is 1. The van der Waals surface area contributed by atoms with Gasteiger partial charge in [0, 0.05) is 32.2 Å². The molecule has 0 aromatic rings. The molecule has 1 aliphatic rings. The van der Waals surface area contributed by atoms with Crippen LogP contribution in [0.15, 0.2) is 0 Å². The molecule has 104 valence electrons. The highest BCUT2D eigenvalue weighted by Gasteiger charge is 2.21. The zero-order valence-corrected chi connectivity index (χ0v) is 11.5. The molecular formula is C12H24N4O2. The van der Waals surface area contributed by atoms with Crippen LogP contribution in [0.2, 0.25) is 0 Å². The summed E-state index contributed by atoms with van der Waals surface area (Å²) in [6.45, 7) is 7.64. The molecule has 0 aliphatic carbocycles. The van der Waals surface area contributed by atoms with Crippen LogP contribution in [0.25, 0.3) is 0 Å². The second-order valence-corrected chi connectivity index (χ2v) is 4.91. The van der Waals surface area contributed by atoms with E-state index in [0.717, 1.165) is 13.1 Å². The van der Waals surface area contributed by atoms with Gasteiger partial charge >= 0.3 is 0 Å². The number of amides is 2. The molecule has 2 N–H and O–H groups in total. The van der Waals surface area contributed by atoms with E-state index >= 15 is 0 Å². The molecule has 0 atom stereocenters. The highest BCUT2D eigenvalue weighted by molar-refractivity contribution is 5.79. The summed E-state index contributed by atoms with van der Waals surface area (Å²) in [5.74, 6) is 0.184. The van der Waals surface area contributed by atoms with Crippen LogP contribution >= 0.6 is 0 Å². The summed E-state index contributed by atoms with van der Waals surface area (Å²) >= 11 is 0. The first-order valence-corrected chi connectivity index (χ1v) is 6.47. The predicted molar refractivity (Wildman–Crippen MR) is 70.2 cm³/mol. The highest BCUT2D eigenvalue weighted by Crippen LogP contribution is 2.01. The standard InChI is InChI=1S/C12H24N4O2/c1-10(2)14-11(17)9-15-4-6-16(7-5-15)12(18)8-13-3/h10,13H,4-9H2,1-3H3,(H,14,17). The molecular weight excluding hydrogens is 232 g/mol. The van der Waals surface area contributed by atoms with Crippen LogP contribution in [0.3, 0.4) is 0 Å². The Balaban J connectivity index is 2.27. The second-order valence-electron chi connectivity index (χ2n) is 4.91. The Bertz CT molecular complexity index is 286. The summed E-state index contributed by atoms with van der Waals surface area (Å²) in [5, 5.41) is 5.73.